The summed E-state index contributed by atoms with van der Waals surface area (Å²) in [5.74, 6) is -1.22. The molecule has 0 bridgehead atoms. The van der Waals surface area contributed by atoms with E-state index in [-0.39, 0.29) is 18.5 Å². The highest BCUT2D eigenvalue weighted by atomic mass is 16.2. The van der Waals surface area contributed by atoms with Crippen molar-refractivity contribution in [3.05, 3.63) is 65.2 Å². The van der Waals surface area contributed by atoms with Gasteiger partial charge in [0.25, 0.3) is 11.8 Å². The number of fused-ring (bicyclic) bond motifs is 1. The van der Waals surface area contributed by atoms with E-state index in [0.29, 0.717) is 17.7 Å². The number of amides is 3. The van der Waals surface area contributed by atoms with E-state index in [0.717, 1.165) is 16.2 Å². The highest BCUT2D eigenvalue weighted by molar-refractivity contribution is 6.22. The van der Waals surface area contributed by atoms with Crippen LogP contribution in [0.4, 0.5) is 5.69 Å². The van der Waals surface area contributed by atoms with Crippen molar-refractivity contribution in [2.75, 3.05) is 46.2 Å². The molecule has 0 spiro atoms. The standard InChI is InChI=1S/C22H26N4O3/c1-24(2)16-11-9-15(10-12-16)19(25(3)4)13-23-20(27)14-26-21(28)17-7-5-6-8-18(17)22(26)29/h5-12,19H,13-14H2,1-4H3,(H,23,27)/t19-/m1/s1. The van der Waals surface area contributed by atoms with Gasteiger partial charge in [0, 0.05) is 26.3 Å². The zero-order valence-corrected chi connectivity index (χ0v) is 17.2. The second kappa shape index (κ2) is 8.45. The van der Waals surface area contributed by atoms with Crippen LogP contribution in [0.1, 0.15) is 32.3 Å². The van der Waals surface area contributed by atoms with Crippen molar-refractivity contribution in [3.63, 3.8) is 0 Å². The van der Waals surface area contributed by atoms with Gasteiger partial charge in [0.2, 0.25) is 5.91 Å². The van der Waals surface area contributed by atoms with Crippen LogP contribution in [0.3, 0.4) is 0 Å². The summed E-state index contributed by atoms with van der Waals surface area (Å²) in [6.07, 6.45) is 0. The number of rotatable bonds is 7. The molecule has 7 heteroatoms. The maximum atomic E-state index is 12.5. The number of hydrogen-bond acceptors (Lipinski definition) is 5. The quantitative estimate of drug-likeness (QED) is 0.725. The number of benzene rings is 2. The van der Waals surface area contributed by atoms with E-state index in [2.05, 4.69) is 5.32 Å². The zero-order valence-electron chi connectivity index (χ0n) is 17.2. The summed E-state index contributed by atoms with van der Waals surface area (Å²) in [6.45, 7) is 0.0857. The lowest BCUT2D eigenvalue weighted by Crippen LogP contribution is -2.42. The van der Waals surface area contributed by atoms with Gasteiger partial charge in [-0.15, -0.1) is 0 Å². The fraction of sp³-hybridized carbons (Fsp3) is 0.318. The lowest BCUT2D eigenvalue weighted by Gasteiger charge is -2.26. The lowest BCUT2D eigenvalue weighted by atomic mass is 10.1. The zero-order chi connectivity index (χ0) is 21.1. The SMILES string of the molecule is CN(C)c1ccc([C@@H](CNC(=O)CN2C(=O)c3ccccc3C2=O)N(C)C)cc1. The van der Waals surface area contributed by atoms with Crippen LogP contribution in [0, 0.1) is 0 Å². The van der Waals surface area contributed by atoms with E-state index in [9.17, 15) is 14.4 Å². The minimum atomic E-state index is -0.427. The topological polar surface area (TPSA) is 73.0 Å². The van der Waals surface area contributed by atoms with Gasteiger partial charge in [0.15, 0.2) is 0 Å². The summed E-state index contributed by atoms with van der Waals surface area (Å²) >= 11 is 0. The molecule has 0 aliphatic carbocycles. The second-order valence-corrected chi connectivity index (χ2v) is 7.51. The summed E-state index contributed by atoms with van der Waals surface area (Å²) in [4.78, 5) is 42.3. The number of nitrogens with one attached hydrogen (secondary N) is 1. The molecule has 2 aromatic rings. The third-order valence-corrected chi connectivity index (χ3v) is 5.09. The Morgan fingerprint density at radius 2 is 1.48 bits per heavy atom. The predicted octanol–water partition coefficient (Wildman–Crippen LogP) is 1.77. The van der Waals surface area contributed by atoms with Crippen molar-refractivity contribution in [2.45, 2.75) is 6.04 Å². The molecule has 0 fully saturated rings. The molecule has 1 aliphatic rings. The molecule has 7 nitrogen and oxygen atoms in total. The molecule has 1 N–H and O–H groups in total. The average molecular weight is 394 g/mol. The number of likely N-dealkylation sites (N-methyl/N-ethyl adjacent to an activating group) is 1. The first-order chi connectivity index (χ1) is 13.8. The number of anilines is 1. The Morgan fingerprint density at radius 3 is 1.97 bits per heavy atom. The number of hydrogen-bond donors (Lipinski definition) is 1. The van der Waals surface area contributed by atoms with Gasteiger partial charge in [-0.1, -0.05) is 24.3 Å². The van der Waals surface area contributed by atoms with Crippen LogP contribution in [-0.2, 0) is 4.79 Å². The number of nitrogens with zero attached hydrogens (tertiary/aromatic N) is 3. The van der Waals surface area contributed by atoms with Crippen LogP contribution in [0.15, 0.2) is 48.5 Å². The lowest BCUT2D eigenvalue weighted by molar-refractivity contribution is -0.121. The first-order valence-electron chi connectivity index (χ1n) is 9.45. The largest absolute Gasteiger partial charge is 0.378 e. The van der Waals surface area contributed by atoms with Crippen LogP contribution in [0.2, 0.25) is 0 Å². The Bertz CT molecular complexity index is 887. The van der Waals surface area contributed by atoms with Crippen LogP contribution in [0.25, 0.3) is 0 Å². The van der Waals surface area contributed by atoms with Crippen LogP contribution in [0.5, 0.6) is 0 Å². The molecule has 1 aliphatic heterocycles. The number of imide groups is 1. The Kier molecular flexibility index (Phi) is 5.98. The smallest absolute Gasteiger partial charge is 0.262 e. The molecule has 0 unspecified atom stereocenters. The van der Waals surface area contributed by atoms with Crippen molar-refractivity contribution in [3.8, 4) is 0 Å². The minimum Gasteiger partial charge on any atom is -0.378 e. The molecule has 0 saturated carbocycles. The van der Waals surface area contributed by atoms with Gasteiger partial charge in [-0.2, -0.15) is 0 Å². The molecule has 152 valence electrons. The Morgan fingerprint density at radius 1 is 0.931 bits per heavy atom. The number of carbonyl (C=O) groups excluding carboxylic acids is 3. The minimum absolute atomic E-state index is 0.0302. The van der Waals surface area contributed by atoms with Gasteiger partial charge in [0.1, 0.15) is 6.54 Å². The number of carbonyl (C=O) groups is 3. The first-order valence-corrected chi connectivity index (χ1v) is 9.45. The highest BCUT2D eigenvalue weighted by Gasteiger charge is 2.36. The summed E-state index contributed by atoms with van der Waals surface area (Å²) in [5, 5.41) is 2.86. The maximum absolute atomic E-state index is 12.5. The fourth-order valence-corrected chi connectivity index (χ4v) is 3.39. The molecule has 29 heavy (non-hydrogen) atoms. The summed E-state index contributed by atoms with van der Waals surface area (Å²) in [5.41, 5.74) is 2.86. The maximum Gasteiger partial charge on any atom is 0.262 e. The van der Waals surface area contributed by atoms with Crippen LogP contribution >= 0.6 is 0 Å². The van der Waals surface area contributed by atoms with Crippen LogP contribution in [-0.4, -0.2) is 68.8 Å². The first kappa shape index (κ1) is 20.5. The molecular weight excluding hydrogens is 368 g/mol. The third kappa shape index (κ3) is 4.30. The Balaban J connectivity index is 1.63. The average Bonchev–Trinajstić information content (AvgIpc) is 2.93. The van der Waals surface area contributed by atoms with E-state index in [1.54, 1.807) is 24.3 Å². The van der Waals surface area contributed by atoms with E-state index in [4.69, 9.17) is 0 Å². The molecule has 0 radical (unpaired) electrons. The summed E-state index contributed by atoms with van der Waals surface area (Å²) in [7, 11) is 7.86. The van der Waals surface area contributed by atoms with Gasteiger partial charge < -0.3 is 15.1 Å². The van der Waals surface area contributed by atoms with E-state index >= 15 is 0 Å². The molecular formula is C22H26N4O3. The van der Waals surface area contributed by atoms with Crippen molar-refractivity contribution >= 4 is 23.4 Å². The molecule has 0 saturated heterocycles. The van der Waals surface area contributed by atoms with E-state index in [1.807, 2.05) is 62.3 Å². The monoisotopic (exact) mass is 394 g/mol. The van der Waals surface area contributed by atoms with E-state index in [1.165, 1.54) is 0 Å². The van der Waals surface area contributed by atoms with Gasteiger partial charge in [-0.25, -0.2) is 0 Å². The molecule has 0 aromatic heterocycles. The highest BCUT2D eigenvalue weighted by Crippen LogP contribution is 2.23. The molecule has 1 atom stereocenters. The summed E-state index contributed by atoms with van der Waals surface area (Å²) in [6, 6.07) is 14.7. The normalized spacial score (nSPS) is 14.2. The van der Waals surface area contributed by atoms with Crippen molar-refractivity contribution in [2.24, 2.45) is 0 Å². The van der Waals surface area contributed by atoms with Gasteiger partial charge >= 0.3 is 0 Å². The molecule has 3 rings (SSSR count). The Hall–Kier alpha value is -3.19. The third-order valence-electron chi connectivity index (χ3n) is 5.09. The van der Waals surface area contributed by atoms with Crippen molar-refractivity contribution in [1.82, 2.24) is 15.1 Å². The second-order valence-electron chi connectivity index (χ2n) is 7.51. The molecule has 1 heterocycles. The molecule has 2 aromatic carbocycles. The van der Waals surface area contributed by atoms with E-state index < -0.39 is 11.8 Å². The van der Waals surface area contributed by atoms with Crippen LogP contribution < -0.4 is 10.2 Å². The van der Waals surface area contributed by atoms with Crippen molar-refractivity contribution < 1.29 is 14.4 Å². The van der Waals surface area contributed by atoms with Gasteiger partial charge in [-0.3, -0.25) is 19.3 Å². The Labute approximate surface area is 170 Å². The molecule has 3 amide bonds. The predicted molar refractivity (Wildman–Crippen MR) is 112 cm³/mol. The fourth-order valence-electron chi connectivity index (χ4n) is 3.39. The van der Waals surface area contributed by atoms with Gasteiger partial charge in [0.05, 0.1) is 17.2 Å². The summed E-state index contributed by atoms with van der Waals surface area (Å²) < 4.78 is 0. The van der Waals surface area contributed by atoms with Gasteiger partial charge in [-0.05, 0) is 43.9 Å². The van der Waals surface area contributed by atoms with Crippen molar-refractivity contribution in [1.29, 1.82) is 0 Å².